The highest BCUT2D eigenvalue weighted by atomic mass is 16.5. The van der Waals surface area contributed by atoms with Crippen molar-refractivity contribution in [3.05, 3.63) is 83.9 Å². The second-order valence-corrected chi connectivity index (χ2v) is 18.2. The number of aliphatic hydroxyl groups excluding tert-OH is 1. The Morgan fingerprint density at radius 3 is 1.49 bits per heavy atom. The topological polar surface area (TPSA) is 109 Å². The smallest absolute Gasteiger partial charge is 0.311 e. The van der Waals surface area contributed by atoms with Crippen molar-refractivity contribution in [2.75, 3.05) is 40.4 Å². The Kier molecular flexibility index (Phi) is 15.7. The Morgan fingerprint density at radius 2 is 1.02 bits per heavy atom. The average Bonchev–Trinajstić information content (AvgIpc) is 3.20. The van der Waals surface area contributed by atoms with E-state index in [2.05, 4.69) is 86.0 Å². The number of carbonyl (C=O) groups excluding carboxylic acids is 2. The van der Waals surface area contributed by atoms with Crippen molar-refractivity contribution in [2.24, 2.45) is 35.5 Å². The van der Waals surface area contributed by atoms with Crippen molar-refractivity contribution < 1.29 is 34.0 Å². The molecule has 0 atom stereocenters. The summed E-state index contributed by atoms with van der Waals surface area (Å²) in [5.41, 5.74) is 2.49. The number of phenols is 1. The lowest BCUT2D eigenvalue weighted by Crippen LogP contribution is -2.49. The van der Waals surface area contributed by atoms with Crippen molar-refractivity contribution in [3.8, 4) is 11.5 Å². The van der Waals surface area contributed by atoms with Crippen LogP contribution in [0.1, 0.15) is 90.2 Å². The number of hydrogen-bond acceptors (Lipinski definition) is 9. The average molecular weight is 809 g/mol. The number of nitrogens with zero attached hydrogens (tertiary/aromatic N) is 2. The highest BCUT2D eigenvalue weighted by Crippen LogP contribution is 2.34. The fraction of sp³-hybridized carbons (Fsp3) is 0.560. The Bertz CT molecular complexity index is 1970. The Hall–Kier alpha value is -4.18. The quantitative estimate of drug-likeness (QED) is 0.152. The lowest BCUT2D eigenvalue weighted by molar-refractivity contribution is -0.152. The van der Waals surface area contributed by atoms with Gasteiger partial charge in [-0.2, -0.15) is 0 Å². The maximum Gasteiger partial charge on any atom is 0.311 e. The van der Waals surface area contributed by atoms with E-state index in [1.165, 1.54) is 74.6 Å². The highest BCUT2D eigenvalue weighted by Gasteiger charge is 2.34. The van der Waals surface area contributed by atoms with Gasteiger partial charge in [-0.15, -0.1) is 0 Å². The summed E-state index contributed by atoms with van der Waals surface area (Å²) in [6.07, 6.45) is 9.80. The Morgan fingerprint density at radius 1 is 0.593 bits per heavy atom. The molecule has 59 heavy (non-hydrogen) atoms. The standard InChI is InChI=1S/C25H33NO3.C16H17NO3.C9H18O/c1-17(2)19-6-9-23(10-7-19)29-24-11-8-20-12-18(4-5-21(20)13-24)14-26-15-22(16-26)25(27)28-3;1-20-16(19)14-9-17(10-14)8-11-2-3-13-7-15(18)5-4-12(13)6-11;1-7(2)8-3-5-9(10)6-4-8/h4-5,8,11-13,17,19,22-23H,6-7,9-10,14-16H2,1-3H3;2-7,14,18H,8-10H2,1H3;7-10H,3-6H2,1-2H3. The summed E-state index contributed by atoms with van der Waals surface area (Å²) in [7, 11) is 2.90. The zero-order valence-electron chi connectivity index (χ0n) is 36.3. The normalized spacial score (nSPS) is 22.7. The molecule has 2 saturated carbocycles. The van der Waals surface area contributed by atoms with Gasteiger partial charge in [-0.1, -0.05) is 64.1 Å². The van der Waals surface area contributed by atoms with E-state index in [0.29, 0.717) is 6.10 Å². The number of benzene rings is 4. The zero-order valence-corrected chi connectivity index (χ0v) is 36.3. The van der Waals surface area contributed by atoms with Gasteiger partial charge in [-0.05, 0) is 144 Å². The first-order valence-corrected chi connectivity index (χ1v) is 22.1. The first kappa shape index (κ1) is 44.4. The molecule has 320 valence electrons. The third kappa shape index (κ3) is 12.4. The molecule has 9 nitrogen and oxygen atoms in total. The van der Waals surface area contributed by atoms with Crippen LogP contribution in [-0.2, 0) is 32.2 Å². The molecule has 2 saturated heterocycles. The molecule has 0 spiro atoms. The summed E-state index contributed by atoms with van der Waals surface area (Å²) >= 11 is 0. The first-order chi connectivity index (χ1) is 28.4. The van der Waals surface area contributed by atoms with Crippen LogP contribution in [-0.4, -0.2) is 84.6 Å². The first-order valence-electron chi connectivity index (χ1n) is 22.1. The molecule has 4 aliphatic rings. The van der Waals surface area contributed by atoms with Crippen LogP contribution in [0.2, 0.25) is 0 Å². The molecule has 8 rings (SSSR count). The number of methoxy groups -OCH3 is 2. The van der Waals surface area contributed by atoms with Crippen LogP contribution in [0.3, 0.4) is 0 Å². The van der Waals surface area contributed by atoms with E-state index in [1.54, 1.807) is 12.1 Å². The van der Waals surface area contributed by atoms with E-state index in [1.807, 2.05) is 12.1 Å². The highest BCUT2D eigenvalue weighted by molar-refractivity contribution is 5.85. The SMILES string of the molecule is CC(C)C1CCC(O)CC1.COC(=O)C1CN(Cc2ccc3cc(O)ccc3c2)C1.COC(=O)C1CN(Cc2ccc3cc(OC4CCC(C(C)C)CC4)ccc3c2)C1. The molecule has 0 radical (unpaired) electrons. The minimum absolute atomic E-state index is 0.00926. The van der Waals surface area contributed by atoms with Crippen molar-refractivity contribution in [3.63, 3.8) is 0 Å². The summed E-state index contributed by atoms with van der Waals surface area (Å²) in [4.78, 5) is 27.4. The molecule has 4 aromatic rings. The van der Waals surface area contributed by atoms with Gasteiger partial charge in [-0.3, -0.25) is 19.4 Å². The van der Waals surface area contributed by atoms with Gasteiger partial charge < -0.3 is 24.4 Å². The van der Waals surface area contributed by atoms with E-state index in [0.717, 1.165) is 92.3 Å². The molecular formula is C50H68N2O7. The van der Waals surface area contributed by atoms with Crippen LogP contribution in [0.25, 0.3) is 21.5 Å². The maximum atomic E-state index is 11.5. The molecule has 2 N–H and O–H groups in total. The Balaban J connectivity index is 0.000000168. The summed E-state index contributed by atoms with van der Waals surface area (Å²) < 4.78 is 15.9. The van der Waals surface area contributed by atoms with E-state index in [-0.39, 0.29) is 35.6 Å². The summed E-state index contributed by atoms with van der Waals surface area (Å²) in [5.74, 6) is 4.47. The number of ether oxygens (including phenoxy) is 3. The van der Waals surface area contributed by atoms with Gasteiger partial charge in [0, 0.05) is 39.3 Å². The third-order valence-corrected chi connectivity index (χ3v) is 13.2. The van der Waals surface area contributed by atoms with Crippen molar-refractivity contribution in [2.45, 2.75) is 104 Å². The summed E-state index contributed by atoms with van der Waals surface area (Å²) in [6, 6.07) is 24.6. The van der Waals surface area contributed by atoms with Gasteiger partial charge in [0.05, 0.1) is 38.3 Å². The van der Waals surface area contributed by atoms with Crippen molar-refractivity contribution in [1.29, 1.82) is 0 Å². The van der Waals surface area contributed by atoms with Gasteiger partial charge in [0.2, 0.25) is 0 Å². The van der Waals surface area contributed by atoms with Crippen LogP contribution in [0, 0.1) is 35.5 Å². The molecule has 2 aliphatic heterocycles. The summed E-state index contributed by atoms with van der Waals surface area (Å²) in [5, 5.41) is 23.3. The van der Waals surface area contributed by atoms with Gasteiger partial charge in [0.1, 0.15) is 11.5 Å². The Labute approximate surface area is 352 Å². The molecule has 0 unspecified atom stereocenters. The minimum atomic E-state index is -0.116. The molecule has 4 aromatic carbocycles. The molecule has 0 bridgehead atoms. The molecule has 9 heteroatoms. The van der Waals surface area contributed by atoms with Crippen LogP contribution in [0.5, 0.6) is 11.5 Å². The largest absolute Gasteiger partial charge is 0.508 e. The molecule has 4 fully saturated rings. The number of rotatable bonds is 10. The minimum Gasteiger partial charge on any atom is -0.508 e. The third-order valence-electron chi connectivity index (χ3n) is 13.2. The van der Waals surface area contributed by atoms with Gasteiger partial charge in [0.25, 0.3) is 0 Å². The molecule has 2 heterocycles. The van der Waals surface area contributed by atoms with Crippen LogP contribution < -0.4 is 4.74 Å². The molecular weight excluding hydrogens is 741 g/mol. The number of fused-ring (bicyclic) bond motifs is 2. The summed E-state index contributed by atoms with van der Waals surface area (Å²) in [6.45, 7) is 14.1. The predicted molar refractivity (Wildman–Crippen MR) is 235 cm³/mol. The number of phenolic OH excluding ortho intramolecular Hbond substituents is 1. The van der Waals surface area contributed by atoms with Gasteiger partial charge in [-0.25, -0.2) is 0 Å². The molecule has 0 aromatic heterocycles. The van der Waals surface area contributed by atoms with E-state index >= 15 is 0 Å². The number of aromatic hydroxyl groups is 1. The fourth-order valence-electron chi connectivity index (χ4n) is 9.21. The maximum absolute atomic E-state index is 11.5. The van der Waals surface area contributed by atoms with Gasteiger partial charge in [0.15, 0.2) is 0 Å². The second kappa shape index (κ2) is 20.9. The monoisotopic (exact) mass is 809 g/mol. The number of aliphatic hydroxyl groups is 1. The van der Waals surface area contributed by atoms with Gasteiger partial charge >= 0.3 is 11.9 Å². The van der Waals surface area contributed by atoms with Crippen molar-refractivity contribution >= 4 is 33.5 Å². The van der Waals surface area contributed by atoms with Crippen LogP contribution in [0.4, 0.5) is 0 Å². The number of likely N-dealkylation sites (tertiary alicyclic amines) is 2. The predicted octanol–water partition coefficient (Wildman–Crippen LogP) is 9.38. The number of hydrogen-bond donors (Lipinski definition) is 2. The second-order valence-electron chi connectivity index (χ2n) is 18.2. The number of esters is 2. The molecule has 0 amide bonds. The zero-order chi connectivity index (χ0) is 42.1. The lowest BCUT2D eigenvalue weighted by Gasteiger charge is -2.37. The number of carbonyl (C=O) groups is 2. The van der Waals surface area contributed by atoms with E-state index < -0.39 is 0 Å². The van der Waals surface area contributed by atoms with Crippen molar-refractivity contribution in [1.82, 2.24) is 9.80 Å². The van der Waals surface area contributed by atoms with E-state index in [4.69, 9.17) is 14.2 Å². The van der Waals surface area contributed by atoms with Crippen LogP contribution in [0.15, 0.2) is 72.8 Å². The fourth-order valence-corrected chi connectivity index (χ4v) is 9.21. The molecule has 2 aliphatic carbocycles. The lowest BCUT2D eigenvalue weighted by atomic mass is 9.80. The van der Waals surface area contributed by atoms with Crippen LogP contribution >= 0.6 is 0 Å². The van der Waals surface area contributed by atoms with E-state index in [9.17, 15) is 19.8 Å².